The fourth-order valence-corrected chi connectivity index (χ4v) is 4.41. The Kier molecular flexibility index (Phi) is 8.27. The monoisotopic (exact) mass is 472 g/mol. The Morgan fingerprint density at radius 3 is 2.28 bits per heavy atom. The van der Waals surface area contributed by atoms with Crippen LogP contribution >= 0.6 is 11.6 Å². The molecule has 0 saturated carbocycles. The second kappa shape index (κ2) is 11.1. The molecule has 8 heteroatoms. The van der Waals surface area contributed by atoms with Crippen LogP contribution in [-0.2, 0) is 27.7 Å². The van der Waals surface area contributed by atoms with Crippen LogP contribution in [0.5, 0.6) is 5.75 Å². The van der Waals surface area contributed by atoms with Crippen LogP contribution in [0.3, 0.4) is 0 Å². The van der Waals surface area contributed by atoms with Gasteiger partial charge in [0.1, 0.15) is 5.75 Å². The molecule has 3 aromatic rings. The Hall–Kier alpha value is -2.87. The zero-order valence-electron chi connectivity index (χ0n) is 17.7. The van der Waals surface area contributed by atoms with Crippen LogP contribution in [0.1, 0.15) is 17.5 Å². The van der Waals surface area contributed by atoms with Crippen molar-refractivity contribution in [3.8, 4) is 5.75 Å². The normalized spacial score (nSPS) is 11.2. The van der Waals surface area contributed by atoms with Gasteiger partial charge in [-0.3, -0.25) is 4.79 Å². The van der Waals surface area contributed by atoms with Gasteiger partial charge in [0, 0.05) is 18.7 Å². The van der Waals surface area contributed by atoms with E-state index in [1.54, 1.807) is 42.5 Å². The van der Waals surface area contributed by atoms with Crippen LogP contribution in [0.15, 0.2) is 77.7 Å². The third kappa shape index (κ3) is 6.82. The molecule has 0 heterocycles. The van der Waals surface area contributed by atoms with Gasteiger partial charge in [-0.15, -0.1) is 0 Å². The molecular weight excluding hydrogens is 448 g/mol. The maximum Gasteiger partial charge on any atom is 0.240 e. The quantitative estimate of drug-likeness (QED) is 0.457. The molecule has 32 heavy (non-hydrogen) atoms. The van der Waals surface area contributed by atoms with Gasteiger partial charge in [-0.25, -0.2) is 13.1 Å². The van der Waals surface area contributed by atoms with Crippen molar-refractivity contribution in [3.63, 3.8) is 0 Å². The molecular formula is C24H25ClN2O4S. The maximum atomic E-state index is 12.5. The minimum Gasteiger partial charge on any atom is -0.495 e. The number of ether oxygens (including phenoxy) is 1. The number of aryl methyl sites for hydroxylation is 1. The van der Waals surface area contributed by atoms with Gasteiger partial charge in [0.05, 0.1) is 17.0 Å². The summed E-state index contributed by atoms with van der Waals surface area (Å²) >= 11 is 6.07. The van der Waals surface area contributed by atoms with Crippen LogP contribution in [0.4, 0.5) is 5.69 Å². The molecule has 0 saturated heterocycles. The predicted molar refractivity (Wildman–Crippen MR) is 127 cm³/mol. The molecule has 0 unspecified atom stereocenters. The van der Waals surface area contributed by atoms with E-state index >= 15 is 0 Å². The first-order valence-electron chi connectivity index (χ1n) is 10.1. The molecule has 0 aromatic heterocycles. The Labute approximate surface area is 193 Å². The molecule has 0 radical (unpaired) electrons. The zero-order chi connectivity index (χ0) is 23.0. The molecule has 6 nitrogen and oxygen atoms in total. The summed E-state index contributed by atoms with van der Waals surface area (Å²) in [6, 6.07) is 21.3. The average molecular weight is 473 g/mol. The number of hydrogen-bond donors (Lipinski definition) is 2. The SMILES string of the molecule is COc1ccc(NC(=O)CCc2ccc(S(=O)(=O)NCCc3ccccc3)cc2)cc1Cl. The van der Waals surface area contributed by atoms with Crippen LogP contribution in [-0.4, -0.2) is 28.0 Å². The third-order valence-electron chi connectivity index (χ3n) is 4.86. The van der Waals surface area contributed by atoms with Gasteiger partial charge in [0.25, 0.3) is 0 Å². The average Bonchev–Trinajstić information content (AvgIpc) is 2.79. The molecule has 0 atom stereocenters. The Balaban J connectivity index is 1.49. The number of nitrogens with one attached hydrogen (secondary N) is 2. The van der Waals surface area contributed by atoms with Crippen molar-refractivity contribution in [2.45, 2.75) is 24.2 Å². The van der Waals surface area contributed by atoms with E-state index in [-0.39, 0.29) is 17.2 Å². The largest absolute Gasteiger partial charge is 0.495 e. The van der Waals surface area contributed by atoms with Crippen molar-refractivity contribution in [3.05, 3.63) is 88.9 Å². The fourth-order valence-electron chi connectivity index (χ4n) is 3.12. The number of amides is 1. The van der Waals surface area contributed by atoms with Crippen molar-refractivity contribution in [1.29, 1.82) is 0 Å². The molecule has 0 fully saturated rings. The highest BCUT2D eigenvalue weighted by atomic mass is 35.5. The molecule has 2 N–H and O–H groups in total. The number of carbonyl (C=O) groups excluding carboxylic acids is 1. The number of anilines is 1. The van der Waals surface area contributed by atoms with Gasteiger partial charge in [-0.1, -0.05) is 54.1 Å². The second-order valence-electron chi connectivity index (χ2n) is 7.17. The summed E-state index contributed by atoms with van der Waals surface area (Å²) in [4.78, 5) is 12.4. The van der Waals surface area contributed by atoms with Crippen molar-refractivity contribution >= 4 is 33.2 Å². The Morgan fingerprint density at radius 2 is 1.62 bits per heavy atom. The molecule has 3 rings (SSSR count). The number of methoxy groups -OCH3 is 1. The van der Waals surface area contributed by atoms with Gasteiger partial charge in [0.2, 0.25) is 15.9 Å². The van der Waals surface area contributed by atoms with E-state index in [4.69, 9.17) is 16.3 Å². The highest BCUT2D eigenvalue weighted by molar-refractivity contribution is 7.89. The van der Waals surface area contributed by atoms with Gasteiger partial charge < -0.3 is 10.1 Å². The molecule has 0 aliphatic heterocycles. The highest BCUT2D eigenvalue weighted by Crippen LogP contribution is 2.27. The fraction of sp³-hybridized carbons (Fsp3) is 0.208. The van der Waals surface area contributed by atoms with Crippen molar-refractivity contribution in [1.82, 2.24) is 4.72 Å². The van der Waals surface area contributed by atoms with Gasteiger partial charge in [-0.2, -0.15) is 0 Å². The zero-order valence-corrected chi connectivity index (χ0v) is 19.2. The minimum atomic E-state index is -3.58. The van der Waals surface area contributed by atoms with E-state index in [1.807, 2.05) is 30.3 Å². The minimum absolute atomic E-state index is 0.162. The third-order valence-corrected chi connectivity index (χ3v) is 6.63. The second-order valence-corrected chi connectivity index (χ2v) is 9.35. The topological polar surface area (TPSA) is 84.5 Å². The summed E-state index contributed by atoms with van der Waals surface area (Å²) in [6.07, 6.45) is 1.36. The lowest BCUT2D eigenvalue weighted by molar-refractivity contribution is -0.116. The van der Waals surface area contributed by atoms with Crippen LogP contribution in [0, 0.1) is 0 Å². The summed E-state index contributed by atoms with van der Waals surface area (Å²) in [7, 11) is -2.06. The number of carbonyl (C=O) groups is 1. The van der Waals surface area contributed by atoms with Crippen LogP contribution in [0.2, 0.25) is 5.02 Å². The van der Waals surface area contributed by atoms with Crippen LogP contribution < -0.4 is 14.8 Å². The summed E-state index contributed by atoms with van der Waals surface area (Å²) in [5.74, 6) is 0.375. The predicted octanol–water partition coefficient (Wildman–Crippen LogP) is 4.44. The summed E-state index contributed by atoms with van der Waals surface area (Å²) in [5, 5.41) is 3.21. The maximum absolute atomic E-state index is 12.5. The summed E-state index contributed by atoms with van der Waals surface area (Å²) < 4.78 is 32.7. The van der Waals surface area contributed by atoms with Crippen molar-refractivity contribution < 1.29 is 17.9 Å². The lowest BCUT2D eigenvalue weighted by atomic mass is 10.1. The molecule has 1 amide bonds. The first-order chi connectivity index (χ1) is 15.4. The van der Waals surface area contributed by atoms with Gasteiger partial charge >= 0.3 is 0 Å². The molecule has 0 aliphatic rings. The van der Waals surface area contributed by atoms with Crippen molar-refractivity contribution in [2.24, 2.45) is 0 Å². The lowest BCUT2D eigenvalue weighted by Crippen LogP contribution is -2.26. The Bertz CT molecular complexity index is 1150. The van der Waals surface area contributed by atoms with E-state index in [9.17, 15) is 13.2 Å². The number of benzene rings is 3. The van der Waals surface area contributed by atoms with Crippen LogP contribution in [0.25, 0.3) is 0 Å². The number of halogens is 1. The standard InChI is InChI=1S/C24H25ClN2O4S/c1-31-23-13-10-20(17-22(23)25)27-24(28)14-9-19-7-11-21(12-8-19)32(29,30)26-16-15-18-5-3-2-4-6-18/h2-8,10-13,17,26H,9,14-16H2,1H3,(H,27,28). The first-order valence-corrected chi connectivity index (χ1v) is 12.0. The van der Waals surface area contributed by atoms with Gasteiger partial charge in [-0.05, 0) is 54.3 Å². The number of hydrogen-bond acceptors (Lipinski definition) is 4. The number of rotatable bonds is 10. The molecule has 168 valence electrons. The first kappa shape index (κ1) is 23.8. The van der Waals surface area contributed by atoms with E-state index in [0.717, 1.165) is 11.1 Å². The van der Waals surface area contributed by atoms with E-state index in [1.165, 1.54) is 7.11 Å². The lowest BCUT2D eigenvalue weighted by Gasteiger charge is -2.09. The van der Waals surface area contributed by atoms with Gasteiger partial charge in [0.15, 0.2) is 0 Å². The summed E-state index contributed by atoms with van der Waals surface area (Å²) in [6.45, 7) is 0.323. The Morgan fingerprint density at radius 1 is 0.938 bits per heavy atom. The molecule has 3 aromatic carbocycles. The number of sulfonamides is 1. The summed E-state index contributed by atoms with van der Waals surface area (Å²) in [5.41, 5.74) is 2.53. The van der Waals surface area contributed by atoms with Crippen molar-refractivity contribution in [2.75, 3.05) is 19.0 Å². The van der Waals surface area contributed by atoms with E-state index in [0.29, 0.717) is 35.8 Å². The molecule has 0 bridgehead atoms. The van der Waals surface area contributed by atoms with E-state index < -0.39 is 10.0 Å². The molecule has 0 aliphatic carbocycles. The molecule has 0 spiro atoms. The smallest absolute Gasteiger partial charge is 0.240 e. The highest BCUT2D eigenvalue weighted by Gasteiger charge is 2.13. The van der Waals surface area contributed by atoms with E-state index in [2.05, 4.69) is 10.0 Å².